The third-order valence-corrected chi connectivity index (χ3v) is 8.98. The van der Waals surface area contributed by atoms with E-state index < -0.39 is 0 Å². The molecule has 4 aromatic carbocycles. The van der Waals surface area contributed by atoms with Gasteiger partial charge >= 0.3 is 169 Å². The number of hydrogen-bond acceptors (Lipinski definition) is 1. The van der Waals surface area contributed by atoms with Crippen molar-refractivity contribution in [1.82, 2.24) is 0 Å². The van der Waals surface area contributed by atoms with Crippen LogP contribution >= 0.6 is 11.8 Å². The Bertz CT molecular complexity index is 987. The van der Waals surface area contributed by atoms with Crippen LogP contribution in [0.15, 0.2) is 94.7 Å². The summed E-state index contributed by atoms with van der Waals surface area (Å²) in [5, 5.41) is 3.07. The van der Waals surface area contributed by atoms with E-state index in [9.17, 15) is 0 Å². The molecular weight excluding hydrogens is 448 g/mol. The van der Waals surface area contributed by atoms with E-state index in [2.05, 4.69) is 84.9 Å². The Hall–Kier alpha value is -1.72. The van der Waals surface area contributed by atoms with Crippen molar-refractivity contribution in [2.75, 3.05) is 0 Å². The van der Waals surface area contributed by atoms with Gasteiger partial charge in [0.2, 0.25) is 0 Å². The average Bonchev–Trinajstić information content (AvgIpc) is 3.11. The molecule has 0 saturated heterocycles. The topological polar surface area (TPSA) is 0 Å². The molecule has 0 aromatic heterocycles. The average molecular weight is 466 g/mol. The first-order valence-corrected chi connectivity index (χ1v) is 12.1. The summed E-state index contributed by atoms with van der Waals surface area (Å²) in [6, 6.07) is 31.3. The standard InChI is InChI=1S/C24H18STe/c1-3-7-19(8-4-1)25-21-15-13-17-11-12-18-14-16-22(24(21)23(17)18)26-20-9-5-2-6-10-20/h1-10,13-16H,11-12H2. The van der Waals surface area contributed by atoms with Crippen LogP contribution in [-0.4, -0.2) is 20.9 Å². The quantitative estimate of drug-likeness (QED) is 0.392. The summed E-state index contributed by atoms with van der Waals surface area (Å²) >= 11 is 1.52. The number of rotatable bonds is 4. The van der Waals surface area contributed by atoms with Gasteiger partial charge < -0.3 is 0 Å². The summed E-state index contributed by atoms with van der Waals surface area (Å²) in [4.78, 5) is 2.73. The van der Waals surface area contributed by atoms with Gasteiger partial charge in [-0.15, -0.1) is 0 Å². The van der Waals surface area contributed by atoms with Crippen LogP contribution in [-0.2, 0) is 12.8 Å². The minimum absolute atomic E-state index is 0.390. The van der Waals surface area contributed by atoms with Gasteiger partial charge in [0, 0.05) is 0 Å². The van der Waals surface area contributed by atoms with Gasteiger partial charge in [0.05, 0.1) is 0 Å². The van der Waals surface area contributed by atoms with E-state index in [1.165, 1.54) is 42.8 Å². The first kappa shape index (κ1) is 16.5. The Morgan fingerprint density at radius 3 is 2.00 bits per heavy atom. The van der Waals surface area contributed by atoms with Gasteiger partial charge in [-0.25, -0.2) is 0 Å². The molecule has 0 heterocycles. The maximum atomic E-state index is 2.41. The van der Waals surface area contributed by atoms with Gasteiger partial charge in [-0.2, -0.15) is 0 Å². The fraction of sp³-hybridized carbons (Fsp3) is 0.0833. The third-order valence-electron chi connectivity index (χ3n) is 4.86. The zero-order chi connectivity index (χ0) is 17.3. The van der Waals surface area contributed by atoms with E-state index >= 15 is 0 Å². The Morgan fingerprint density at radius 2 is 1.27 bits per heavy atom. The fourth-order valence-corrected chi connectivity index (χ4v) is 7.71. The molecule has 0 bridgehead atoms. The predicted molar refractivity (Wildman–Crippen MR) is 113 cm³/mol. The molecule has 0 spiro atoms. The number of hydrogen-bond donors (Lipinski definition) is 0. The number of benzene rings is 4. The summed E-state index contributed by atoms with van der Waals surface area (Å²) in [6.45, 7) is 0. The van der Waals surface area contributed by atoms with Crippen molar-refractivity contribution >= 4 is 50.7 Å². The number of aryl methyl sites for hydroxylation is 2. The molecule has 0 atom stereocenters. The van der Waals surface area contributed by atoms with Crippen molar-refractivity contribution in [3.8, 4) is 0 Å². The van der Waals surface area contributed by atoms with Gasteiger partial charge in [0.1, 0.15) is 0 Å². The molecule has 0 fully saturated rings. The second kappa shape index (κ2) is 7.12. The Balaban J connectivity index is 1.68. The van der Waals surface area contributed by atoms with E-state index in [-0.39, 0.29) is 20.9 Å². The van der Waals surface area contributed by atoms with Crippen molar-refractivity contribution in [3.05, 3.63) is 96.1 Å². The zero-order valence-electron chi connectivity index (χ0n) is 14.3. The normalized spacial score (nSPS) is 12.6. The third kappa shape index (κ3) is 3.07. The molecule has 1 aliphatic carbocycles. The second-order valence-electron chi connectivity index (χ2n) is 6.53. The minimum atomic E-state index is -0.390. The van der Waals surface area contributed by atoms with Crippen molar-refractivity contribution in [1.29, 1.82) is 0 Å². The molecule has 4 aromatic rings. The predicted octanol–water partition coefficient (Wildman–Crippen LogP) is 4.74. The molecule has 0 aliphatic heterocycles. The van der Waals surface area contributed by atoms with Crippen LogP contribution in [0.25, 0.3) is 10.8 Å². The van der Waals surface area contributed by atoms with Crippen LogP contribution in [0.5, 0.6) is 0 Å². The molecule has 0 amide bonds. The summed E-state index contributed by atoms with van der Waals surface area (Å²) in [5.41, 5.74) is 3.07. The van der Waals surface area contributed by atoms with Gasteiger partial charge in [-0.1, -0.05) is 0 Å². The second-order valence-corrected chi connectivity index (χ2v) is 10.8. The summed E-state index contributed by atoms with van der Waals surface area (Å²) < 4.78 is 3.08. The van der Waals surface area contributed by atoms with Crippen molar-refractivity contribution in [2.24, 2.45) is 0 Å². The monoisotopic (exact) mass is 468 g/mol. The molecular formula is C24H18STe. The van der Waals surface area contributed by atoms with Crippen LogP contribution in [0.3, 0.4) is 0 Å². The molecule has 0 N–H and O–H groups in total. The maximum absolute atomic E-state index is 2.41. The van der Waals surface area contributed by atoms with E-state index in [1.54, 1.807) is 9.00 Å². The van der Waals surface area contributed by atoms with Crippen LogP contribution in [0, 0.1) is 0 Å². The van der Waals surface area contributed by atoms with Crippen molar-refractivity contribution in [3.63, 3.8) is 0 Å². The Morgan fingerprint density at radius 1 is 0.615 bits per heavy atom. The summed E-state index contributed by atoms with van der Waals surface area (Å²) in [5.74, 6) is 0. The SMILES string of the molecule is c1ccc(Sc2ccc3c4c(ccc([Te]c5ccccc5)c24)CC3)cc1. The zero-order valence-corrected chi connectivity index (χ0v) is 17.5. The van der Waals surface area contributed by atoms with Crippen molar-refractivity contribution < 1.29 is 0 Å². The van der Waals surface area contributed by atoms with E-state index in [0.717, 1.165) is 0 Å². The van der Waals surface area contributed by atoms with E-state index in [4.69, 9.17) is 0 Å². The first-order valence-electron chi connectivity index (χ1n) is 8.92. The van der Waals surface area contributed by atoms with Crippen molar-refractivity contribution in [2.45, 2.75) is 22.6 Å². The van der Waals surface area contributed by atoms with Crippen LogP contribution in [0.2, 0.25) is 0 Å². The molecule has 126 valence electrons. The molecule has 0 nitrogen and oxygen atoms in total. The summed E-state index contributed by atoms with van der Waals surface area (Å²) in [6.07, 6.45) is 2.38. The van der Waals surface area contributed by atoms with Gasteiger partial charge in [-0.05, 0) is 0 Å². The van der Waals surface area contributed by atoms with Gasteiger partial charge in [0.15, 0.2) is 0 Å². The molecule has 26 heavy (non-hydrogen) atoms. The summed E-state index contributed by atoms with van der Waals surface area (Å²) in [7, 11) is 0. The van der Waals surface area contributed by atoms with Gasteiger partial charge in [0.25, 0.3) is 0 Å². The molecule has 2 heteroatoms. The fourth-order valence-electron chi connectivity index (χ4n) is 3.67. The van der Waals surface area contributed by atoms with Gasteiger partial charge in [-0.3, -0.25) is 0 Å². The van der Waals surface area contributed by atoms with Crippen LogP contribution in [0.1, 0.15) is 11.1 Å². The molecule has 0 unspecified atom stereocenters. The first-order chi connectivity index (χ1) is 12.9. The Labute approximate surface area is 168 Å². The van der Waals surface area contributed by atoms with Crippen LogP contribution < -0.4 is 7.22 Å². The molecule has 1 aliphatic rings. The Kier molecular flexibility index (Phi) is 4.51. The van der Waals surface area contributed by atoms with E-state index in [0.29, 0.717) is 0 Å². The molecule has 5 rings (SSSR count). The molecule has 0 radical (unpaired) electrons. The van der Waals surface area contributed by atoms with Crippen LogP contribution in [0.4, 0.5) is 0 Å². The molecule has 0 saturated carbocycles. The van der Waals surface area contributed by atoms with E-state index in [1.807, 2.05) is 11.8 Å².